The first kappa shape index (κ1) is 22.4. The van der Waals surface area contributed by atoms with Gasteiger partial charge >= 0.3 is 23.9 Å². The van der Waals surface area contributed by atoms with Crippen molar-refractivity contribution in [2.24, 2.45) is 0 Å². The molecule has 9 nitrogen and oxygen atoms in total. The van der Waals surface area contributed by atoms with Gasteiger partial charge in [0.15, 0.2) is 18.3 Å². The molecular weight excluding hydrogens is 384 g/mol. The quantitative estimate of drug-likeness (QED) is 0.510. The fraction of sp³-hybridized carbons (Fsp3) is 0.500. The maximum Gasteiger partial charge on any atom is 0.303 e. The molecule has 1 aromatic rings. The Morgan fingerprint density at radius 1 is 0.759 bits per heavy atom. The van der Waals surface area contributed by atoms with Gasteiger partial charge in [-0.2, -0.15) is 0 Å². The highest BCUT2D eigenvalue weighted by molar-refractivity contribution is 5.68. The van der Waals surface area contributed by atoms with E-state index in [1.54, 1.807) is 30.3 Å². The van der Waals surface area contributed by atoms with Crippen LogP contribution in [-0.4, -0.2) is 54.9 Å². The van der Waals surface area contributed by atoms with Crippen molar-refractivity contribution in [3.05, 3.63) is 35.9 Å². The summed E-state index contributed by atoms with van der Waals surface area (Å²) in [6, 6.07) is 8.84. The maximum atomic E-state index is 11.8. The van der Waals surface area contributed by atoms with Crippen molar-refractivity contribution in [2.45, 2.75) is 58.2 Å². The number of esters is 4. The molecule has 0 aliphatic carbocycles. The summed E-state index contributed by atoms with van der Waals surface area (Å²) in [4.78, 5) is 46.5. The maximum absolute atomic E-state index is 11.8. The van der Waals surface area contributed by atoms with E-state index in [2.05, 4.69) is 0 Å². The average Bonchev–Trinajstić information content (AvgIpc) is 2.63. The van der Waals surface area contributed by atoms with Crippen molar-refractivity contribution < 1.29 is 42.9 Å². The lowest BCUT2D eigenvalue weighted by atomic mass is 9.90. The predicted molar refractivity (Wildman–Crippen MR) is 97.4 cm³/mol. The third kappa shape index (κ3) is 6.28. The zero-order valence-electron chi connectivity index (χ0n) is 16.7. The van der Waals surface area contributed by atoms with Crippen LogP contribution in [0.2, 0.25) is 0 Å². The van der Waals surface area contributed by atoms with Crippen molar-refractivity contribution in [1.29, 1.82) is 0 Å². The van der Waals surface area contributed by atoms with Crippen LogP contribution in [0.5, 0.6) is 0 Å². The van der Waals surface area contributed by atoms with E-state index in [9.17, 15) is 19.2 Å². The molecule has 0 N–H and O–H groups in total. The minimum absolute atomic E-state index is 0.249. The minimum atomic E-state index is -1.17. The standard InChI is InChI=1S/C20H24O9/c1-11(21)25-10-16-18(26-12(2)22)20(28-14(4)24)19(27-13(3)23)17(29-16)15-8-6-5-7-9-15/h5-9,16-20H,10H2,1-4H3/t16-,17+,18+,19+,20+/m1/s1. The molecule has 1 saturated heterocycles. The Bertz CT molecular complexity index is 746. The van der Waals surface area contributed by atoms with Crippen molar-refractivity contribution in [1.82, 2.24) is 0 Å². The topological polar surface area (TPSA) is 114 Å². The third-order valence-electron chi connectivity index (χ3n) is 4.12. The largest absolute Gasteiger partial charge is 0.463 e. The first-order valence-electron chi connectivity index (χ1n) is 9.04. The Labute approximate surface area is 168 Å². The summed E-state index contributed by atoms with van der Waals surface area (Å²) in [5.41, 5.74) is 0.644. The molecule has 1 aliphatic heterocycles. The number of hydrogen-bond acceptors (Lipinski definition) is 9. The normalized spacial score (nSPS) is 26.1. The summed E-state index contributed by atoms with van der Waals surface area (Å²) in [5.74, 6) is -2.51. The highest BCUT2D eigenvalue weighted by Crippen LogP contribution is 2.37. The van der Waals surface area contributed by atoms with Crippen LogP contribution in [0, 0.1) is 0 Å². The SMILES string of the molecule is CC(=O)OC[C@H]1O[C@@H](c2ccccc2)[C@H](OC(C)=O)[C@@H](OC(C)=O)[C@H]1OC(C)=O. The summed E-state index contributed by atoms with van der Waals surface area (Å²) >= 11 is 0. The lowest BCUT2D eigenvalue weighted by Gasteiger charge is -2.44. The van der Waals surface area contributed by atoms with Crippen molar-refractivity contribution in [3.63, 3.8) is 0 Å². The van der Waals surface area contributed by atoms with Crippen LogP contribution < -0.4 is 0 Å². The zero-order valence-corrected chi connectivity index (χ0v) is 16.7. The van der Waals surface area contributed by atoms with Crippen LogP contribution in [0.3, 0.4) is 0 Å². The van der Waals surface area contributed by atoms with Gasteiger partial charge in [0.25, 0.3) is 0 Å². The van der Waals surface area contributed by atoms with Gasteiger partial charge in [0.2, 0.25) is 0 Å². The second-order valence-electron chi connectivity index (χ2n) is 6.53. The number of benzene rings is 1. The zero-order chi connectivity index (χ0) is 21.6. The van der Waals surface area contributed by atoms with Gasteiger partial charge < -0.3 is 23.7 Å². The third-order valence-corrected chi connectivity index (χ3v) is 4.12. The van der Waals surface area contributed by atoms with Crippen LogP contribution in [-0.2, 0) is 42.9 Å². The average molecular weight is 408 g/mol. The van der Waals surface area contributed by atoms with Gasteiger partial charge in [0, 0.05) is 27.7 Å². The molecule has 1 aromatic carbocycles. The van der Waals surface area contributed by atoms with Gasteiger partial charge in [0.1, 0.15) is 18.8 Å². The first-order chi connectivity index (χ1) is 13.7. The monoisotopic (exact) mass is 408 g/mol. The Morgan fingerprint density at radius 3 is 1.79 bits per heavy atom. The van der Waals surface area contributed by atoms with Crippen molar-refractivity contribution in [2.75, 3.05) is 6.61 Å². The van der Waals surface area contributed by atoms with E-state index in [1.165, 1.54) is 27.7 Å². The summed E-state index contributed by atoms with van der Waals surface area (Å²) < 4.78 is 27.2. The van der Waals surface area contributed by atoms with E-state index in [4.69, 9.17) is 23.7 Å². The molecule has 1 heterocycles. The van der Waals surface area contributed by atoms with E-state index in [0.717, 1.165) is 0 Å². The lowest BCUT2D eigenvalue weighted by molar-refractivity contribution is -0.254. The molecule has 1 fully saturated rings. The minimum Gasteiger partial charge on any atom is -0.463 e. The second-order valence-corrected chi connectivity index (χ2v) is 6.53. The molecule has 29 heavy (non-hydrogen) atoms. The van der Waals surface area contributed by atoms with Crippen LogP contribution in [0.1, 0.15) is 39.4 Å². The first-order valence-corrected chi connectivity index (χ1v) is 9.04. The molecule has 0 saturated carbocycles. The highest BCUT2D eigenvalue weighted by Gasteiger charge is 2.52. The van der Waals surface area contributed by atoms with E-state index < -0.39 is 54.4 Å². The molecule has 158 valence electrons. The molecule has 9 heteroatoms. The van der Waals surface area contributed by atoms with Gasteiger partial charge in [0.05, 0.1) is 0 Å². The molecule has 0 unspecified atom stereocenters. The Morgan fingerprint density at radius 2 is 1.28 bits per heavy atom. The second kappa shape index (κ2) is 10.0. The van der Waals surface area contributed by atoms with Crippen molar-refractivity contribution >= 4 is 23.9 Å². The van der Waals surface area contributed by atoms with Crippen molar-refractivity contribution in [3.8, 4) is 0 Å². The highest BCUT2D eigenvalue weighted by atomic mass is 16.7. The van der Waals surface area contributed by atoms with E-state index in [-0.39, 0.29) is 6.61 Å². The molecule has 0 amide bonds. The molecule has 0 radical (unpaired) electrons. The molecule has 1 aliphatic rings. The number of carbonyl (C=O) groups is 4. The van der Waals surface area contributed by atoms with Gasteiger partial charge in [-0.05, 0) is 5.56 Å². The fourth-order valence-electron chi connectivity index (χ4n) is 3.14. The fourth-order valence-corrected chi connectivity index (χ4v) is 3.14. The number of ether oxygens (including phenoxy) is 5. The van der Waals surface area contributed by atoms with E-state index >= 15 is 0 Å². The predicted octanol–water partition coefficient (Wildman–Crippen LogP) is 1.48. The van der Waals surface area contributed by atoms with Gasteiger partial charge in [-0.15, -0.1) is 0 Å². The molecule has 0 aromatic heterocycles. The van der Waals surface area contributed by atoms with E-state index in [1.807, 2.05) is 0 Å². The molecule has 0 spiro atoms. The smallest absolute Gasteiger partial charge is 0.303 e. The van der Waals surface area contributed by atoms with E-state index in [0.29, 0.717) is 5.56 Å². The van der Waals surface area contributed by atoms with Crippen LogP contribution in [0.15, 0.2) is 30.3 Å². The molecule has 0 bridgehead atoms. The number of rotatable bonds is 6. The lowest BCUT2D eigenvalue weighted by Crippen LogP contribution is -2.59. The summed E-state index contributed by atoms with van der Waals surface area (Å²) in [7, 11) is 0. The van der Waals surface area contributed by atoms with Gasteiger partial charge in [-0.3, -0.25) is 19.2 Å². The molecule has 2 rings (SSSR count). The number of hydrogen-bond donors (Lipinski definition) is 0. The summed E-state index contributed by atoms with van der Waals surface area (Å²) in [6.07, 6.45) is -5.21. The summed E-state index contributed by atoms with van der Waals surface area (Å²) in [5, 5.41) is 0. The molecule has 5 atom stereocenters. The Kier molecular flexibility index (Phi) is 7.72. The Balaban J connectivity index is 2.49. The van der Waals surface area contributed by atoms with Crippen LogP contribution in [0.25, 0.3) is 0 Å². The van der Waals surface area contributed by atoms with Gasteiger partial charge in [-0.1, -0.05) is 30.3 Å². The van der Waals surface area contributed by atoms with Crippen LogP contribution in [0.4, 0.5) is 0 Å². The Hall–Kier alpha value is -2.94. The summed E-state index contributed by atoms with van der Waals surface area (Å²) in [6.45, 7) is 4.55. The van der Waals surface area contributed by atoms with Crippen LogP contribution >= 0.6 is 0 Å². The number of carbonyl (C=O) groups excluding carboxylic acids is 4. The van der Waals surface area contributed by atoms with Gasteiger partial charge in [-0.25, -0.2) is 0 Å². The molecular formula is C20H24O9.